The molecule has 1 atom stereocenters. The second-order valence-electron chi connectivity index (χ2n) is 5.87. The summed E-state index contributed by atoms with van der Waals surface area (Å²) < 4.78 is 10.8. The highest BCUT2D eigenvalue weighted by molar-refractivity contribution is 5.55. The van der Waals surface area contributed by atoms with Crippen molar-refractivity contribution in [2.75, 3.05) is 25.7 Å². The average molecular weight is 354 g/mol. The third-order valence-corrected chi connectivity index (χ3v) is 4.50. The van der Waals surface area contributed by atoms with Crippen LogP contribution in [0.25, 0.3) is 0 Å². The van der Waals surface area contributed by atoms with Crippen molar-refractivity contribution in [3.8, 4) is 17.6 Å². The van der Waals surface area contributed by atoms with E-state index in [9.17, 15) is 15.4 Å². The van der Waals surface area contributed by atoms with E-state index in [4.69, 9.17) is 9.47 Å². The smallest absolute Gasteiger partial charge is 0.305 e. The summed E-state index contributed by atoms with van der Waals surface area (Å²) >= 11 is 0. The van der Waals surface area contributed by atoms with Crippen LogP contribution in [0.1, 0.15) is 30.1 Å². The number of methoxy groups -OCH3 is 2. The van der Waals surface area contributed by atoms with E-state index in [1.165, 1.54) is 6.07 Å². The first kappa shape index (κ1) is 17.5. The molecule has 3 rings (SSSR count). The van der Waals surface area contributed by atoms with E-state index in [0.29, 0.717) is 5.82 Å². The monoisotopic (exact) mass is 354 g/mol. The predicted molar refractivity (Wildman–Crippen MR) is 94.5 cm³/mol. The lowest BCUT2D eigenvalue weighted by atomic mass is 10.0. The van der Waals surface area contributed by atoms with Gasteiger partial charge in [0.25, 0.3) is 0 Å². The zero-order chi connectivity index (χ0) is 18.7. The minimum absolute atomic E-state index is 0.0134. The highest BCUT2D eigenvalue weighted by atomic mass is 16.6. The van der Waals surface area contributed by atoms with Crippen molar-refractivity contribution in [2.45, 2.75) is 18.9 Å². The molecule has 0 N–H and O–H groups in total. The van der Waals surface area contributed by atoms with E-state index in [2.05, 4.69) is 4.98 Å². The molecule has 0 spiro atoms. The Hall–Kier alpha value is -3.34. The van der Waals surface area contributed by atoms with Crippen molar-refractivity contribution in [3.05, 3.63) is 51.7 Å². The molecular formula is C18H18N4O4. The molecule has 0 radical (unpaired) electrons. The topological polar surface area (TPSA) is 102 Å². The Morgan fingerprint density at radius 1 is 1.31 bits per heavy atom. The zero-order valence-electron chi connectivity index (χ0n) is 14.5. The van der Waals surface area contributed by atoms with Crippen LogP contribution in [-0.2, 0) is 0 Å². The summed E-state index contributed by atoms with van der Waals surface area (Å²) in [5.74, 6) is 2.01. The van der Waals surface area contributed by atoms with Crippen LogP contribution in [0.3, 0.4) is 0 Å². The van der Waals surface area contributed by atoms with Gasteiger partial charge in [-0.3, -0.25) is 10.1 Å². The van der Waals surface area contributed by atoms with Crippen molar-refractivity contribution in [2.24, 2.45) is 0 Å². The molecule has 1 saturated heterocycles. The minimum Gasteiger partial charge on any atom is -0.497 e. The molecule has 2 heterocycles. The fourth-order valence-corrected chi connectivity index (χ4v) is 3.30. The summed E-state index contributed by atoms with van der Waals surface area (Å²) in [7, 11) is 3.22. The van der Waals surface area contributed by atoms with Crippen LogP contribution in [0.15, 0.2) is 30.3 Å². The van der Waals surface area contributed by atoms with Gasteiger partial charge < -0.3 is 14.4 Å². The SMILES string of the molecule is COc1ccc(OC)c(C2CCCN2c2ccc([N+](=O)[O-])c(C#N)n2)c1. The van der Waals surface area contributed by atoms with Gasteiger partial charge >= 0.3 is 5.69 Å². The Kier molecular flexibility index (Phi) is 4.89. The number of nitrogens with zero attached hydrogens (tertiary/aromatic N) is 4. The Labute approximate surface area is 150 Å². The second-order valence-corrected chi connectivity index (χ2v) is 5.87. The largest absolute Gasteiger partial charge is 0.497 e. The molecule has 0 aliphatic carbocycles. The molecule has 1 aromatic carbocycles. The molecule has 1 aromatic heterocycles. The Bertz CT molecular complexity index is 878. The van der Waals surface area contributed by atoms with Gasteiger partial charge in [-0.05, 0) is 37.1 Å². The number of hydrogen-bond acceptors (Lipinski definition) is 7. The van der Waals surface area contributed by atoms with Crippen LogP contribution in [0, 0.1) is 21.4 Å². The number of anilines is 1. The van der Waals surface area contributed by atoms with Crippen LogP contribution in [-0.4, -0.2) is 30.7 Å². The van der Waals surface area contributed by atoms with Crippen molar-refractivity contribution in [3.63, 3.8) is 0 Å². The first-order chi connectivity index (χ1) is 12.6. The summed E-state index contributed by atoms with van der Waals surface area (Å²) in [5, 5.41) is 20.2. The van der Waals surface area contributed by atoms with E-state index in [1.807, 2.05) is 29.2 Å². The molecule has 26 heavy (non-hydrogen) atoms. The molecular weight excluding hydrogens is 336 g/mol. The van der Waals surface area contributed by atoms with Crippen LogP contribution < -0.4 is 14.4 Å². The van der Waals surface area contributed by atoms with Crippen LogP contribution in [0.2, 0.25) is 0 Å². The molecule has 1 fully saturated rings. The number of nitro groups is 1. The molecule has 134 valence electrons. The lowest BCUT2D eigenvalue weighted by Gasteiger charge is -2.27. The summed E-state index contributed by atoms with van der Waals surface area (Å²) in [6.07, 6.45) is 1.82. The average Bonchev–Trinajstić information content (AvgIpc) is 3.16. The van der Waals surface area contributed by atoms with Gasteiger partial charge in [0.15, 0.2) is 0 Å². The number of rotatable bonds is 5. The van der Waals surface area contributed by atoms with Crippen molar-refractivity contribution in [1.29, 1.82) is 5.26 Å². The van der Waals surface area contributed by atoms with Crippen molar-refractivity contribution >= 4 is 11.5 Å². The molecule has 0 amide bonds. The molecule has 1 aliphatic rings. The maximum atomic E-state index is 11.0. The van der Waals surface area contributed by atoms with E-state index >= 15 is 0 Å². The second kappa shape index (κ2) is 7.27. The van der Waals surface area contributed by atoms with Crippen molar-refractivity contribution < 1.29 is 14.4 Å². The fourth-order valence-electron chi connectivity index (χ4n) is 3.30. The lowest BCUT2D eigenvalue weighted by molar-refractivity contribution is -0.385. The number of pyridine rings is 1. The standard InChI is InChI=1S/C18H18N4O4/c1-25-12-5-7-17(26-2)13(10-12)15-4-3-9-21(15)18-8-6-16(22(23)24)14(11-19)20-18/h5-8,10,15H,3-4,9H2,1-2H3. The molecule has 8 nitrogen and oxygen atoms in total. The van der Waals surface area contributed by atoms with Gasteiger partial charge in [0, 0.05) is 18.2 Å². The van der Waals surface area contributed by atoms with Gasteiger partial charge in [-0.1, -0.05) is 0 Å². The maximum absolute atomic E-state index is 11.0. The molecule has 2 aromatic rings. The number of hydrogen-bond donors (Lipinski definition) is 0. The highest BCUT2D eigenvalue weighted by Crippen LogP contribution is 2.41. The van der Waals surface area contributed by atoms with Gasteiger partial charge in [-0.15, -0.1) is 0 Å². The van der Waals surface area contributed by atoms with E-state index in [0.717, 1.165) is 36.4 Å². The van der Waals surface area contributed by atoms with Gasteiger partial charge in [-0.2, -0.15) is 5.26 Å². The van der Waals surface area contributed by atoms with Gasteiger partial charge in [0.1, 0.15) is 23.4 Å². The number of ether oxygens (including phenoxy) is 2. The number of aromatic nitrogens is 1. The first-order valence-electron chi connectivity index (χ1n) is 8.13. The van der Waals surface area contributed by atoms with Crippen LogP contribution >= 0.6 is 0 Å². The Morgan fingerprint density at radius 3 is 2.77 bits per heavy atom. The molecule has 1 unspecified atom stereocenters. The Balaban J connectivity index is 2.02. The number of nitriles is 1. The summed E-state index contributed by atoms with van der Waals surface area (Å²) in [6.45, 7) is 0.737. The fraction of sp³-hybridized carbons (Fsp3) is 0.333. The summed E-state index contributed by atoms with van der Waals surface area (Å²) in [6, 6.07) is 10.3. The molecule has 1 aliphatic heterocycles. The zero-order valence-corrected chi connectivity index (χ0v) is 14.5. The first-order valence-corrected chi connectivity index (χ1v) is 8.13. The van der Waals surface area contributed by atoms with Crippen molar-refractivity contribution in [1.82, 2.24) is 4.98 Å². The molecule has 8 heteroatoms. The normalized spacial score (nSPS) is 16.2. The van der Waals surface area contributed by atoms with Crippen LogP contribution in [0.4, 0.5) is 11.5 Å². The van der Waals surface area contributed by atoms with Gasteiger partial charge in [0.2, 0.25) is 5.69 Å². The van der Waals surface area contributed by atoms with E-state index in [-0.39, 0.29) is 17.4 Å². The Morgan fingerprint density at radius 2 is 2.12 bits per heavy atom. The maximum Gasteiger partial charge on any atom is 0.305 e. The van der Waals surface area contributed by atoms with Gasteiger partial charge in [0.05, 0.1) is 25.2 Å². The molecule has 0 bridgehead atoms. The quantitative estimate of drug-likeness (QED) is 0.600. The van der Waals surface area contributed by atoms with E-state index < -0.39 is 4.92 Å². The summed E-state index contributed by atoms with van der Waals surface area (Å²) in [5.41, 5.74) is 0.490. The van der Waals surface area contributed by atoms with Gasteiger partial charge in [-0.25, -0.2) is 4.98 Å². The lowest BCUT2D eigenvalue weighted by Crippen LogP contribution is -2.24. The van der Waals surface area contributed by atoms with E-state index in [1.54, 1.807) is 20.3 Å². The predicted octanol–water partition coefficient (Wildman–Crippen LogP) is 3.22. The third kappa shape index (κ3) is 3.11. The van der Waals surface area contributed by atoms with Crippen LogP contribution in [0.5, 0.6) is 11.5 Å². The summed E-state index contributed by atoms with van der Waals surface area (Å²) in [4.78, 5) is 16.7. The molecule has 0 saturated carbocycles. The highest BCUT2D eigenvalue weighted by Gasteiger charge is 2.31. The third-order valence-electron chi connectivity index (χ3n) is 4.50. The minimum atomic E-state index is -0.595. The number of benzene rings is 1.